The monoisotopic (exact) mass is 439 g/mol. The van der Waals surface area contributed by atoms with E-state index in [2.05, 4.69) is 4.98 Å². The lowest BCUT2D eigenvalue weighted by atomic mass is 10.1. The van der Waals surface area contributed by atoms with E-state index in [1.54, 1.807) is 53.6 Å². The van der Waals surface area contributed by atoms with Crippen molar-refractivity contribution in [2.45, 2.75) is 43.4 Å². The number of hydrogen-bond donors (Lipinski definition) is 0. The van der Waals surface area contributed by atoms with Crippen LogP contribution in [0.3, 0.4) is 0 Å². The first-order valence-electron chi connectivity index (χ1n) is 10.4. The molecule has 1 aliphatic rings. The van der Waals surface area contributed by atoms with Crippen LogP contribution in [0.25, 0.3) is 11.0 Å². The van der Waals surface area contributed by atoms with Crippen molar-refractivity contribution < 1.29 is 13.2 Å². The van der Waals surface area contributed by atoms with E-state index < -0.39 is 15.1 Å². The molecule has 0 spiro atoms. The summed E-state index contributed by atoms with van der Waals surface area (Å²) in [5.74, 6) is -0.356. The summed E-state index contributed by atoms with van der Waals surface area (Å²) in [7, 11) is -3.44. The van der Waals surface area contributed by atoms with Crippen LogP contribution in [-0.2, 0) is 16.4 Å². The molecule has 1 amide bonds. The van der Waals surface area contributed by atoms with Gasteiger partial charge in [0, 0.05) is 31.5 Å². The number of piperidine rings is 1. The molecule has 1 aliphatic heterocycles. The molecule has 1 fully saturated rings. The molecular weight excluding hydrogens is 414 g/mol. The number of pyridine rings is 2. The largest absolute Gasteiger partial charge is 0.338 e. The Hall–Kier alpha value is -3.00. The molecular formula is C23H25N3O4S. The molecule has 1 saturated heterocycles. The van der Waals surface area contributed by atoms with E-state index in [4.69, 9.17) is 0 Å². The maximum Gasteiger partial charge on any atom is 0.259 e. The summed E-state index contributed by atoms with van der Waals surface area (Å²) in [5, 5.41) is -0.116. The summed E-state index contributed by atoms with van der Waals surface area (Å²) in [6.07, 6.45) is 2.27. The number of rotatable bonds is 4. The van der Waals surface area contributed by atoms with E-state index in [9.17, 15) is 18.0 Å². The van der Waals surface area contributed by atoms with Gasteiger partial charge < -0.3 is 9.47 Å². The molecule has 0 atom stereocenters. The molecule has 31 heavy (non-hydrogen) atoms. The molecule has 0 radical (unpaired) electrons. The summed E-state index contributed by atoms with van der Waals surface area (Å²) < 4.78 is 27.6. The lowest BCUT2D eigenvalue weighted by molar-refractivity contribution is 0.0723. The van der Waals surface area contributed by atoms with Crippen molar-refractivity contribution in [3.8, 4) is 0 Å². The van der Waals surface area contributed by atoms with Crippen LogP contribution in [0.4, 0.5) is 0 Å². The highest BCUT2D eigenvalue weighted by molar-refractivity contribution is 7.92. The van der Waals surface area contributed by atoms with Gasteiger partial charge in [-0.2, -0.15) is 0 Å². The molecule has 0 unspecified atom stereocenters. The fourth-order valence-electron chi connectivity index (χ4n) is 4.10. The average Bonchev–Trinajstić information content (AvgIpc) is 2.79. The highest BCUT2D eigenvalue weighted by Gasteiger charge is 2.33. The van der Waals surface area contributed by atoms with Gasteiger partial charge in [-0.1, -0.05) is 18.2 Å². The fourth-order valence-corrected chi connectivity index (χ4v) is 5.85. The number of amides is 1. The minimum absolute atomic E-state index is 0.101. The van der Waals surface area contributed by atoms with Crippen molar-refractivity contribution >= 4 is 26.8 Å². The van der Waals surface area contributed by atoms with Gasteiger partial charge >= 0.3 is 0 Å². The van der Waals surface area contributed by atoms with E-state index in [1.165, 1.54) is 0 Å². The zero-order valence-electron chi connectivity index (χ0n) is 17.6. The first-order chi connectivity index (χ1) is 14.8. The fraction of sp³-hybridized carbons (Fsp3) is 0.348. The van der Waals surface area contributed by atoms with Gasteiger partial charge in [0.05, 0.1) is 15.5 Å². The van der Waals surface area contributed by atoms with Crippen molar-refractivity contribution in [3.05, 3.63) is 70.1 Å². The molecule has 162 valence electrons. The predicted octanol–water partition coefficient (Wildman–Crippen LogP) is 2.80. The van der Waals surface area contributed by atoms with Crippen LogP contribution < -0.4 is 5.43 Å². The Morgan fingerprint density at radius 3 is 2.42 bits per heavy atom. The van der Waals surface area contributed by atoms with Gasteiger partial charge in [0.25, 0.3) is 5.91 Å². The lowest BCUT2D eigenvalue weighted by Crippen LogP contribution is -2.44. The van der Waals surface area contributed by atoms with E-state index in [0.29, 0.717) is 48.4 Å². The molecule has 7 nitrogen and oxygen atoms in total. The normalized spacial score (nSPS) is 15.4. The van der Waals surface area contributed by atoms with Crippen LogP contribution in [0.2, 0.25) is 0 Å². The summed E-state index contributed by atoms with van der Waals surface area (Å²) in [4.78, 5) is 32.5. The minimum atomic E-state index is -3.44. The standard InChI is InChI=1S/C23H25N3O4S/c1-3-25-15-20(21(27)19-10-9-16(2)24-22(19)25)23(28)26-13-11-18(12-14-26)31(29,30)17-7-5-4-6-8-17/h4-10,15,18H,3,11-14H2,1-2H3. The van der Waals surface area contributed by atoms with E-state index >= 15 is 0 Å². The Balaban J connectivity index is 1.58. The second-order valence-corrected chi connectivity index (χ2v) is 10.1. The average molecular weight is 440 g/mol. The third-order valence-corrected chi connectivity index (χ3v) is 8.15. The number of benzene rings is 1. The Kier molecular flexibility index (Phi) is 5.66. The van der Waals surface area contributed by atoms with Crippen LogP contribution in [0, 0.1) is 6.92 Å². The van der Waals surface area contributed by atoms with Gasteiger partial charge in [-0.25, -0.2) is 13.4 Å². The van der Waals surface area contributed by atoms with Crippen LogP contribution in [0.1, 0.15) is 35.8 Å². The van der Waals surface area contributed by atoms with Crippen LogP contribution in [0.15, 0.2) is 58.4 Å². The number of carbonyl (C=O) groups is 1. The first-order valence-corrected chi connectivity index (χ1v) is 12.0. The number of aryl methyl sites for hydroxylation is 2. The van der Waals surface area contributed by atoms with Crippen LogP contribution in [0.5, 0.6) is 0 Å². The number of fused-ring (bicyclic) bond motifs is 1. The Bertz CT molecular complexity index is 1290. The summed E-state index contributed by atoms with van der Waals surface area (Å²) in [6.45, 7) is 4.96. The summed E-state index contributed by atoms with van der Waals surface area (Å²) in [5.41, 5.74) is 1.13. The Labute approximate surface area is 181 Å². The maximum atomic E-state index is 13.2. The second-order valence-electron chi connectivity index (χ2n) is 7.83. The zero-order chi connectivity index (χ0) is 22.2. The highest BCUT2D eigenvalue weighted by Crippen LogP contribution is 2.25. The van der Waals surface area contributed by atoms with Gasteiger partial charge in [-0.05, 0) is 51.0 Å². The topological polar surface area (TPSA) is 89.3 Å². The number of aromatic nitrogens is 2. The number of sulfone groups is 1. The van der Waals surface area contributed by atoms with Crippen molar-refractivity contribution in [2.24, 2.45) is 0 Å². The molecule has 3 aromatic rings. The smallest absolute Gasteiger partial charge is 0.259 e. The number of nitrogens with zero attached hydrogens (tertiary/aromatic N) is 3. The zero-order valence-corrected chi connectivity index (χ0v) is 18.4. The van der Waals surface area contributed by atoms with Gasteiger partial charge in [0.2, 0.25) is 5.43 Å². The quantitative estimate of drug-likeness (QED) is 0.624. The third-order valence-electron chi connectivity index (χ3n) is 5.87. The van der Waals surface area contributed by atoms with Crippen molar-refractivity contribution in [3.63, 3.8) is 0 Å². The van der Waals surface area contributed by atoms with Crippen molar-refractivity contribution in [1.82, 2.24) is 14.5 Å². The molecule has 0 saturated carbocycles. The van der Waals surface area contributed by atoms with Crippen molar-refractivity contribution in [2.75, 3.05) is 13.1 Å². The second kappa shape index (κ2) is 8.26. The van der Waals surface area contributed by atoms with Gasteiger partial charge in [-0.15, -0.1) is 0 Å². The first kappa shape index (κ1) is 21.2. The Morgan fingerprint density at radius 1 is 1.10 bits per heavy atom. The number of hydrogen-bond acceptors (Lipinski definition) is 5. The van der Waals surface area contributed by atoms with Crippen LogP contribution >= 0.6 is 0 Å². The molecule has 3 heterocycles. The van der Waals surface area contributed by atoms with Crippen LogP contribution in [-0.4, -0.2) is 47.1 Å². The highest BCUT2D eigenvalue weighted by atomic mass is 32.2. The number of likely N-dealkylation sites (tertiary alicyclic amines) is 1. The van der Waals surface area contributed by atoms with E-state index in [-0.39, 0.29) is 16.9 Å². The van der Waals surface area contributed by atoms with E-state index in [1.807, 2.05) is 18.4 Å². The van der Waals surface area contributed by atoms with Crippen molar-refractivity contribution in [1.29, 1.82) is 0 Å². The molecule has 0 N–H and O–H groups in total. The SMILES string of the molecule is CCn1cc(C(=O)N2CCC(S(=O)(=O)c3ccccc3)CC2)c(=O)c2ccc(C)nc21. The molecule has 0 aliphatic carbocycles. The molecule has 8 heteroatoms. The molecule has 0 bridgehead atoms. The molecule has 2 aromatic heterocycles. The molecule has 4 rings (SSSR count). The van der Waals surface area contributed by atoms with Gasteiger partial charge in [-0.3, -0.25) is 9.59 Å². The third kappa shape index (κ3) is 3.87. The van der Waals surface area contributed by atoms with Gasteiger partial charge in [0.15, 0.2) is 9.84 Å². The maximum absolute atomic E-state index is 13.2. The molecule has 1 aromatic carbocycles. The minimum Gasteiger partial charge on any atom is -0.338 e. The summed E-state index contributed by atoms with van der Waals surface area (Å²) in [6, 6.07) is 11.9. The summed E-state index contributed by atoms with van der Waals surface area (Å²) >= 11 is 0. The predicted molar refractivity (Wildman–Crippen MR) is 119 cm³/mol. The van der Waals surface area contributed by atoms with E-state index in [0.717, 1.165) is 5.69 Å². The van der Waals surface area contributed by atoms with Gasteiger partial charge in [0.1, 0.15) is 11.2 Å². The Morgan fingerprint density at radius 2 is 1.77 bits per heavy atom. The lowest BCUT2D eigenvalue weighted by Gasteiger charge is -2.31. The number of carbonyl (C=O) groups excluding carboxylic acids is 1.